The SMILES string of the molecule is C=C/C=C(/C=C/C(C)=NC)SC.CCC(=O)c1ccc(C#N)cc1. The Balaban J connectivity index is 0.000000441. The molecule has 0 aliphatic heterocycles. The molecule has 0 N–H and O–H groups in total. The van der Waals surface area contributed by atoms with Gasteiger partial charge in [0.15, 0.2) is 5.78 Å². The van der Waals surface area contributed by atoms with E-state index in [0.717, 1.165) is 5.71 Å². The van der Waals surface area contributed by atoms with Gasteiger partial charge in [0.05, 0.1) is 11.6 Å². The number of nitriles is 1. The maximum absolute atomic E-state index is 11.1. The van der Waals surface area contributed by atoms with E-state index in [2.05, 4.69) is 11.6 Å². The highest BCUT2D eigenvalue weighted by molar-refractivity contribution is 8.02. The zero-order chi connectivity index (χ0) is 18.4. The Bertz CT molecular complexity index is 662. The van der Waals surface area contributed by atoms with Crippen molar-refractivity contribution in [3.8, 4) is 6.07 Å². The molecule has 126 valence electrons. The lowest BCUT2D eigenvalue weighted by Gasteiger charge is -1.95. The number of carbonyl (C=O) groups is 1. The molecule has 0 aliphatic carbocycles. The third-order valence-electron chi connectivity index (χ3n) is 3.02. The summed E-state index contributed by atoms with van der Waals surface area (Å²) >= 11 is 1.70. The van der Waals surface area contributed by atoms with Crippen LogP contribution in [0.3, 0.4) is 0 Å². The fourth-order valence-corrected chi connectivity index (χ4v) is 1.96. The van der Waals surface area contributed by atoms with Crippen molar-refractivity contribution < 1.29 is 4.79 Å². The molecule has 4 heteroatoms. The van der Waals surface area contributed by atoms with Gasteiger partial charge in [-0.15, -0.1) is 11.8 Å². The predicted molar refractivity (Wildman–Crippen MR) is 106 cm³/mol. The van der Waals surface area contributed by atoms with Gasteiger partial charge in [0.1, 0.15) is 0 Å². The van der Waals surface area contributed by atoms with Gasteiger partial charge >= 0.3 is 0 Å². The van der Waals surface area contributed by atoms with E-state index in [1.807, 2.05) is 44.4 Å². The Morgan fingerprint density at radius 1 is 1.33 bits per heavy atom. The highest BCUT2D eigenvalue weighted by Gasteiger charge is 2.01. The molecule has 1 aromatic rings. The number of allylic oxidation sites excluding steroid dienone is 4. The summed E-state index contributed by atoms with van der Waals surface area (Å²) in [7, 11) is 1.79. The summed E-state index contributed by atoms with van der Waals surface area (Å²) in [6.45, 7) is 7.44. The summed E-state index contributed by atoms with van der Waals surface area (Å²) < 4.78 is 0. The van der Waals surface area contributed by atoms with Crippen molar-refractivity contribution in [2.24, 2.45) is 4.99 Å². The monoisotopic (exact) mass is 340 g/mol. The van der Waals surface area contributed by atoms with Gasteiger partial charge in [0.2, 0.25) is 0 Å². The molecule has 0 bridgehead atoms. The van der Waals surface area contributed by atoms with Crippen molar-refractivity contribution >= 4 is 23.3 Å². The number of ketones is 1. The molecule has 1 rings (SSSR count). The molecule has 0 spiro atoms. The zero-order valence-corrected chi connectivity index (χ0v) is 15.6. The summed E-state index contributed by atoms with van der Waals surface area (Å²) in [6, 6.07) is 8.68. The molecule has 0 saturated heterocycles. The number of hydrogen-bond acceptors (Lipinski definition) is 4. The van der Waals surface area contributed by atoms with Gasteiger partial charge in [0.25, 0.3) is 0 Å². The zero-order valence-electron chi connectivity index (χ0n) is 14.7. The van der Waals surface area contributed by atoms with E-state index >= 15 is 0 Å². The molecular weight excluding hydrogens is 316 g/mol. The number of nitrogens with zero attached hydrogens (tertiary/aromatic N) is 2. The van der Waals surface area contributed by atoms with Crippen LogP contribution in [-0.2, 0) is 0 Å². The van der Waals surface area contributed by atoms with Crippen LogP contribution < -0.4 is 0 Å². The van der Waals surface area contributed by atoms with Gasteiger partial charge in [0, 0.05) is 29.6 Å². The van der Waals surface area contributed by atoms with E-state index < -0.39 is 0 Å². The van der Waals surface area contributed by atoms with E-state index in [9.17, 15) is 4.79 Å². The van der Waals surface area contributed by atoms with Crippen LogP contribution in [0.1, 0.15) is 36.2 Å². The standard InChI is InChI=1S/C10H9NO.C10H15NS/c1-2-10(12)9-5-3-8(7-11)4-6-9;1-5-6-10(12-4)8-7-9(2)11-3/h3-6H,2H2,1H3;5-8H,1H2,2-4H3/b;8-7+,10-6-,11-9?. The summed E-state index contributed by atoms with van der Waals surface area (Å²) in [5.41, 5.74) is 2.29. The van der Waals surface area contributed by atoms with Gasteiger partial charge in [-0.2, -0.15) is 5.26 Å². The number of thioether (sulfide) groups is 1. The Labute approximate surface area is 149 Å². The summed E-state index contributed by atoms with van der Waals surface area (Å²) in [5, 5.41) is 8.49. The fraction of sp³-hybridized carbons (Fsp3) is 0.250. The van der Waals surface area contributed by atoms with Crippen molar-refractivity contribution in [2.75, 3.05) is 13.3 Å². The van der Waals surface area contributed by atoms with Gasteiger partial charge in [-0.05, 0) is 43.5 Å². The quantitative estimate of drug-likeness (QED) is 0.405. The van der Waals surface area contributed by atoms with Crippen LogP contribution >= 0.6 is 11.8 Å². The van der Waals surface area contributed by atoms with E-state index in [4.69, 9.17) is 5.26 Å². The number of Topliss-reactive ketones (excluding diaryl/α,β-unsaturated/α-hetero) is 1. The minimum Gasteiger partial charge on any atom is -0.294 e. The second kappa shape index (κ2) is 13.1. The lowest BCUT2D eigenvalue weighted by atomic mass is 10.1. The fourth-order valence-electron chi connectivity index (χ4n) is 1.52. The molecule has 0 aliphatic rings. The van der Waals surface area contributed by atoms with Gasteiger partial charge in [-0.3, -0.25) is 9.79 Å². The maximum Gasteiger partial charge on any atom is 0.162 e. The van der Waals surface area contributed by atoms with Crippen LogP contribution in [0.4, 0.5) is 0 Å². The van der Waals surface area contributed by atoms with E-state index in [-0.39, 0.29) is 5.78 Å². The van der Waals surface area contributed by atoms with E-state index in [1.165, 1.54) is 4.91 Å². The minimum atomic E-state index is 0.111. The number of aliphatic imine (C=N–C) groups is 1. The number of hydrogen-bond donors (Lipinski definition) is 0. The highest BCUT2D eigenvalue weighted by Crippen LogP contribution is 2.12. The first kappa shape index (κ1) is 21.6. The summed E-state index contributed by atoms with van der Waals surface area (Å²) in [6.07, 6.45) is 10.3. The third kappa shape index (κ3) is 8.92. The largest absolute Gasteiger partial charge is 0.294 e. The lowest BCUT2D eigenvalue weighted by molar-refractivity contribution is 0.0988. The van der Waals surface area contributed by atoms with Crippen molar-refractivity contribution in [2.45, 2.75) is 20.3 Å². The topological polar surface area (TPSA) is 53.2 Å². The molecule has 0 aromatic heterocycles. The number of benzene rings is 1. The van der Waals surface area contributed by atoms with Crippen LogP contribution in [0.25, 0.3) is 0 Å². The average Bonchev–Trinajstić information content (AvgIpc) is 2.64. The number of rotatable bonds is 6. The van der Waals surface area contributed by atoms with Crippen LogP contribution in [0.2, 0.25) is 0 Å². The van der Waals surface area contributed by atoms with E-state index in [1.54, 1.807) is 49.2 Å². The van der Waals surface area contributed by atoms with Gasteiger partial charge < -0.3 is 0 Å². The second-order valence-corrected chi connectivity index (χ2v) is 5.55. The van der Waals surface area contributed by atoms with E-state index in [0.29, 0.717) is 17.5 Å². The molecule has 0 atom stereocenters. The van der Waals surface area contributed by atoms with Gasteiger partial charge in [-0.25, -0.2) is 0 Å². The van der Waals surface area contributed by atoms with Gasteiger partial charge in [-0.1, -0.05) is 31.7 Å². The minimum absolute atomic E-state index is 0.111. The van der Waals surface area contributed by atoms with Crippen LogP contribution in [0, 0.1) is 11.3 Å². The van der Waals surface area contributed by atoms with Crippen molar-refractivity contribution in [1.82, 2.24) is 0 Å². The molecule has 0 fully saturated rings. The van der Waals surface area contributed by atoms with Crippen LogP contribution in [-0.4, -0.2) is 24.8 Å². The first-order chi connectivity index (χ1) is 11.5. The maximum atomic E-state index is 11.1. The molecule has 0 radical (unpaired) electrons. The molecule has 0 heterocycles. The molecule has 0 unspecified atom stereocenters. The molecule has 3 nitrogen and oxygen atoms in total. The second-order valence-electron chi connectivity index (χ2n) is 4.67. The Morgan fingerprint density at radius 3 is 2.38 bits per heavy atom. The normalized spacial score (nSPS) is 11.5. The molecule has 0 saturated carbocycles. The van der Waals surface area contributed by atoms with Crippen LogP contribution in [0.5, 0.6) is 0 Å². The third-order valence-corrected chi connectivity index (χ3v) is 3.76. The Morgan fingerprint density at radius 2 is 1.96 bits per heavy atom. The smallest absolute Gasteiger partial charge is 0.162 e. The Hall–Kier alpha value is -2.38. The van der Waals surface area contributed by atoms with Crippen molar-refractivity contribution in [3.05, 3.63) is 71.2 Å². The van der Waals surface area contributed by atoms with Crippen LogP contribution in [0.15, 0.2) is 65.0 Å². The first-order valence-corrected chi connectivity index (χ1v) is 8.76. The van der Waals surface area contributed by atoms with Crippen molar-refractivity contribution in [1.29, 1.82) is 5.26 Å². The predicted octanol–water partition coefficient (Wildman–Crippen LogP) is 5.22. The number of carbonyl (C=O) groups excluding carboxylic acids is 1. The Kier molecular flexibility index (Phi) is 11.8. The average molecular weight is 340 g/mol. The lowest BCUT2D eigenvalue weighted by Crippen LogP contribution is -1.95. The molecular formula is C20H24N2OS. The first-order valence-electron chi connectivity index (χ1n) is 7.53. The molecule has 0 amide bonds. The highest BCUT2D eigenvalue weighted by atomic mass is 32.2. The molecule has 1 aromatic carbocycles. The summed E-state index contributed by atoms with van der Waals surface area (Å²) in [4.78, 5) is 16.3. The summed E-state index contributed by atoms with van der Waals surface area (Å²) in [5.74, 6) is 0.111. The van der Waals surface area contributed by atoms with Crippen molar-refractivity contribution in [3.63, 3.8) is 0 Å². The molecule has 24 heavy (non-hydrogen) atoms.